The van der Waals surface area contributed by atoms with Gasteiger partial charge in [0.1, 0.15) is 5.82 Å². The molecular weight excluding hydrogens is 275 g/mol. The summed E-state index contributed by atoms with van der Waals surface area (Å²) in [4.78, 5) is 2.35. The van der Waals surface area contributed by atoms with E-state index in [1.165, 1.54) is 12.5 Å². The van der Waals surface area contributed by atoms with E-state index in [0.717, 1.165) is 31.6 Å². The molecule has 0 spiro atoms. The largest absolute Gasteiger partial charge is 0.313 e. The Morgan fingerprint density at radius 2 is 2.25 bits per heavy atom. The van der Waals surface area contributed by atoms with Crippen LogP contribution in [0.3, 0.4) is 0 Å². The predicted octanol–water partition coefficient (Wildman–Crippen LogP) is 3.69. The molecule has 2 nitrogen and oxygen atoms in total. The van der Waals surface area contributed by atoms with Crippen molar-refractivity contribution in [2.24, 2.45) is 5.92 Å². The highest BCUT2D eigenvalue weighted by atomic mass is 35.5. The van der Waals surface area contributed by atoms with Gasteiger partial charge in [-0.2, -0.15) is 0 Å². The third-order valence-corrected chi connectivity index (χ3v) is 3.96. The van der Waals surface area contributed by atoms with Crippen LogP contribution in [0.25, 0.3) is 0 Å². The summed E-state index contributed by atoms with van der Waals surface area (Å²) in [5.74, 6) is 0.481. The maximum Gasteiger partial charge on any atom is 0.129 e. The maximum absolute atomic E-state index is 13.9. The summed E-state index contributed by atoms with van der Waals surface area (Å²) in [5, 5.41) is 4.06. The molecule has 4 heteroatoms. The lowest BCUT2D eigenvalue weighted by Gasteiger charge is -2.25. The average molecular weight is 299 g/mol. The maximum atomic E-state index is 13.9. The van der Waals surface area contributed by atoms with E-state index in [-0.39, 0.29) is 5.82 Å². The van der Waals surface area contributed by atoms with Crippen LogP contribution in [0.1, 0.15) is 32.3 Å². The molecule has 1 aromatic rings. The second kappa shape index (κ2) is 7.39. The monoisotopic (exact) mass is 298 g/mol. The molecule has 1 unspecified atom stereocenters. The third kappa shape index (κ3) is 4.72. The predicted molar refractivity (Wildman–Crippen MR) is 82.5 cm³/mol. The summed E-state index contributed by atoms with van der Waals surface area (Å²) in [6.07, 6.45) is 2.28. The molecular formula is C16H24ClFN2. The van der Waals surface area contributed by atoms with Crippen molar-refractivity contribution in [3.63, 3.8) is 0 Å². The first-order valence-corrected chi connectivity index (χ1v) is 7.82. The number of nitrogens with one attached hydrogen (secondary N) is 1. The fourth-order valence-electron chi connectivity index (χ4n) is 2.84. The van der Waals surface area contributed by atoms with Crippen LogP contribution in [0, 0.1) is 11.7 Å². The Bertz CT molecular complexity index is 436. The van der Waals surface area contributed by atoms with Gasteiger partial charge in [0.25, 0.3) is 0 Å². The molecule has 112 valence electrons. The van der Waals surface area contributed by atoms with E-state index < -0.39 is 0 Å². The van der Waals surface area contributed by atoms with Crippen molar-refractivity contribution in [2.75, 3.05) is 19.6 Å². The SMILES string of the molecule is CC(C)CC1CN(Cc2ccc(Cl)cc2F)CCCN1. The van der Waals surface area contributed by atoms with Crippen LogP contribution in [0.4, 0.5) is 4.39 Å². The molecule has 0 amide bonds. The summed E-state index contributed by atoms with van der Waals surface area (Å²) >= 11 is 5.80. The summed E-state index contributed by atoms with van der Waals surface area (Å²) in [6.45, 7) is 8.21. The first-order valence-electron chi connectivity index (χ1n) is 7.44. The lowest BCUT2D eigenvalue weighted by atomic mass is 10.0. The quantitative estimate of drug-likeness (QED) is 0.912. The first-order chi connectivity index (χ1) is 9.54. The molecule has 1 aromatic carbocycles. The number of nitrogens with zero attached hydrogens (tertiary/aromatic N) is 1. The fourth-order valence-corrected chi connectivity index (χ4v) is 3.00. The molecule has 2 rings (SSSR count). The van der Waals surface area contributed by atoms with Gasteiger partial charge in [-0.05, 0) is 44.0 Å². The minimum absolute atomic E-state index is 0.199. The summed E-state index contributed by atoms with van der Waals surface area (Å²) in [5.41, 5.74) is 0.736. The van der Waals surface area contributed by atoms with Crippen molar-refractivity contribution < 1.29 is 4.39 Å². The Balaban J connectivity index is 1.99. The van der Waals surface area contributed by atoms with Crippen LogP contribution in [-0.4, -0.2) is 30.6 Å². The lowest BCUT2D eigenvalue weighted by Crippen LogP contribution is -2.38. The summed E-state index contributed by atoms with van der Waals surface area (Å²) < 4.78 is 13.9. The minimum atomic E-state index is -0.199. The molecule has 0 aliphatic carbocycles. The van der Waals surface area contributed by atoms with Crippen LogP contribution < -0.4 is 5.32 Å². The molecule has 1 heterocycles. The van der Waals surface area contributed by atoms with Crippen LogP contribution in [0.5, 0.6) is 0 Å². The van der Waals surface area contributed by atoms with Crippen LogP contribution in [0.15, 0.2) is 18.2 Å². The van der Waals surface area contributed by atoms with Crippen molar-refractivity contribution >= 4 is 11.6 Å². The van der Waals surface area contributed by atoms with E-state index in [1.807, 2.05) is 0 Å². The van der Waals surface area contributed by atoms with Gasteiger partial charge in [0.2, 0.25) is 0 Å². The normalized spacial score (nSPS) is 21.1. The molecule has 0 bridgehead atoms. The number of hydrogen-bond acceptors (Lipinski definition) is 2. The van der Waals surface area contributed by atoms with Gasteiger partial charge in [-0.3, -0.25) is 4.90 Å². The Hall–Kier alpha value is -0.640. The smallest absolute Gasteiger partial charge is 0.129 e. The second-order valence-corrected chi connectivity index (χ2v) is 6.54. The van der Waals surface area contributed by atoms with Gasteiger partial charge in [0.15, 0.2) is 0 Å². The average Bonchev–Trinajstić information content (AvgIpc) is 2.57. The Kier molecular flexibility index (Phi) is 5.82. The van der Waals surface area contributed by atoms with E-state index in [2.05, 4.69) is 24.1 Å². The van der Waals surface area contributed by atoms with Gasteiger partial charge in [0, 0.05) is 29.7 Å². The molecule has 1 saturated heterocycles. The molecule has 1 fully saturated rings. The standard InChI is InChI=1S/C16H24ClFN2/c1-12(2)8-15-11-20(7-3-6-19-15)10-13-4-5-14(17)9-16(13)18/h4-5,9,12,15,19H,3,6-8,10-11H2,1-2H3. The van der Waals surface area contributed by atoms with Crippen molar-refractivity contribution in [1.82, 2.24) is 10.2 Å². The Labute approximate surface area is 126 Å². The van der Waals surface area contributed by atoms with Crippen LogP contribution in [0.2, 0.25) is 5.02 Å². The number of benzene rings is 1. The molecule has 0 radical (unpaired) electrons. The van der Waals surface area contributed by atoms with Crippen LogP contribution >= 0.6 is 11.6 Å². The fraction of sp³-hybridized carbons (Fsp3) is 0.625. The topological polar surface area (TPSA) is 15.3 Å². The number of halogens is 2. The molecule has 1 aliphatic heterocycles. The number of rotatable bonds is 4. The minimum Gasteiger partial charge on any atom is -0.313 e. The third-order valence-electron chi connectivity index (χ3n) is 3.73. The summed E-state index contributed by atoms with van der Waals surface area (Å²) in [7, 11) is 0. The lowest BCUT2D eigenvalue weighted by molar-refractivity contribution is 0.245. The van der Waals surface area contributed by atoms with E-state index in [4.69, 9.17) is 11.6 Å². The molecule has 1 N–H and O–H groups in total. The zero-order valence-corrected chi connectivity index (χ0v) is 13.1. The molecule has 0 aromatic heterocycles. The molecule has 1 atom stereocenters. The van der Waals surface area contributed by atoms with Gasteiger partial charge in [-0.15, -0.1) is 0 Å². The Morgan fingerprint density at radius 3 is 2.95 bits per heavy atom. The van der Waals surface area contributed by atoms with E-state index in [1.54, 1.807) is 12.1 Å². The van der Waals surface area contributed by atoms with Gasteiger partial charge >= 0.3 is 0 Å². The van der Waals surface area contributed by atoms with Crippen molar-refractivity contribution in [3.05, 3.63) is 34.6 Å². The number of hydrogen-bond donors (Lipinski definition) is 1. The highest BCUT2D eigenvalue weighted by Gasteiger charge is 2.19. The van der Waals surface area contributed by atoms with E-state index >= 15 is 0 Å². The van der Waals surface area contributed by atoms with Gasteiger partial charge in [-0.25, -0.2) is 4.39 Å². The van der Waals surface area contributed by atoms with E-state index in [9.17, 15) is 4.39 Å². The van der Waals surface area contributed by atoms with Gasteiger partial charge in [-0.1, -0.05) is 31.5 Å². The molecule has 0 saturated carbocycles. The second-order valence-electron chi connectivity index (χ2n) is 6.10. The summed E-state index contributed by atoms with van der Waals surface area (Å²) in [6, 6.07) is 5.47. The zero-order valence-electron chi connectivity index (χ0n) is 12.3. The zero-order chi connectivity index (χ0) is 14.5. The highest BCUT2D eigenvalue weighted by molar-refractivity contribution is 6.30. The highest BCUT2D eigenvalue weighted by Crippen LogP contribution is 2.18. The van der Waals surface area contributed by atoms with E-state index in [0.29, 0.717) is 23.5 Å². The first kappa shape index (κ1) is 15.7. The van der Waals surface area contributed by atoms with Crippen molar-refractivity contribution in [1.29, 1.82) is 0 Å². The van der Waals surface area contributed by atoms with Crippen molar-refractivity contribution in [3.8, 4) is 0 Å². The van der Waals surface area contributed by atoms with Crippen LogP contribution in [-0.2, 0) is 6.54 Å². The molecule has 1 aliphatic rings. The van der Waals surface area contributed by atoms with Crippen molar-refractivity contribution in [2.45, 2.75) is 39.3 Å². The molecule has 20 heavy (non-hydrogen) atoms. The van der Waals surface area contributed by atoms with Gasteiger partial charge in [0.05, 0.1) is 0 Å². The van der Waals surface area contributed by atoms with Gasteiger partial charge < -0.3 is 5.32 Å². The Morgan fingerprint density at radius 1 is 1.45 bits per heavy atom.